The molecule has 8 amide bonds. The van der Waals surface area contributed by atoms with Crippen molar-refractivity contribution in [3.63, 3.8) is 0 Å². The minimum Gasteiger partial charge on any atom is -0.481 e. The van der Waals surface area contributed by atoms with Gasteiger partial charge in [-0.2, -0.15) is 23.5 Å². The van der Waals surface area contributed by atoms with E-state index in [9.17, 15) is 63.3 Å². The molecule has 15 N–H and O–H groups in total. The molecule has 0 fully saturated rings. The van der Waals surface area contributed by atoms with Gasteiger partial charge in [0.05, 0.1) is 25.6 Å². The molecule has 0 spiro atoms. The van der Waals surface area contributed by atoms with Gasteiger partial charge in [-0.3, -0.25) is 43.2 Å². The Morgan fingerprint density at radius 1 is 0.600 bits per heavy atom. The Balaban J connectivity index is 3.38. The van der Waals surface area contributed by atoms with Gasteiger partial charge < -0.3 is 69.3 Å². The van der Waals surface area contributed by atoms with E-state index in [0.29, 0.717) is 29.9 Å². The lowest BCUT2D eigenvalue weighted by atomic mass is 10.00. The summed E-state index contributed by atoms with van der Waals surface area (Å²) in [6.45, 7) is 5.50. The van der Waals surface area contributed by atoms with Crippen molar-refractivity contribution >= 4 is 82.7 Å². The number of hydrogen-bond donors (Lipinski definition) is 13. The molecule has 0 saturated heterocycles. The number of aliphatic hydroxyl groups is 1. The number of aliphatic carboxylic acids is 2. The minimum absolute atomic E-state index is 0.0743. The van der Waals surface area contributed by atoms with Crippen LogP contribution in [0.5, 0.6) is 0 Å². The van der Waals surface area contributed by atoms with E-state index in [1.807, 2.05) is 6.26 Å². The van der Waals surface area contributed by atoms with Crippen molar-refractivity contribution < 1.29 is 63.3 Å². The number of carbonyl (C=O) groups excluding carboxylic acids is 8. The molecule has 0 unspecified atom stereocenters. The predicted octanol–water partition coefficient (Wildman–Crippen LogP) is -2.04. The third-order valence-corrected chi connectivity index (χ3v) is 11.8. The van der Waals surface area contributed by atoms with Gasteiger partial charge >= 0.3 is 11.9 Å². The zero-order valence-corrected chi connectivity index (χ0v) is 42.4. The molecule has 1 rings (SSSR count). The topological polar surface area (TPSA) is 380 Å². The summed E-state index contributed by atoms with van der Waals surface area (Å²) in [6, 6.07) is -1.98. The van der Waals surface area contributed by atoms with E-state index in [1.54, 1.807) is 64.3 Å². The number of unbranched alkanes of at least 4 members (excludes halogenated alkanes) is 1. The van der Waals surface area contributed by atoms with Gasteiger partial charge in [0.2, 0.25) is 47.3 Å². The first kappa shape index (κ1) is 62.5. The summed E-state index contributed by atoms with van der Waals surface area (Å²) in [5.41, 5.74) is 12.3. The molecule has 25 heteroatoms. The number of hydrogen-bond acceptors (Lipinski definition) is 15. The summed E-state index contributed by atoms with van der Waals surface area (Å²) in [4.78, 5) is 131. The largest absolute Gasteiger partial charge is 0.481 e. The number of carboxylic acid groups (broad SMARTS) is 2. The molecule has 0 aliphatic rings. The van der Waals surface area contributed by atoms with Crippen molar-refractivity contribution in [2.24, 2.45) is 23.3 Å². The van der Waals surface area contributed by atoms with Gasteiger partial charge in [0.25, 0.3) is 0 Å². The van der Waals surface area contributed by atoms with Gasteiger partial charge in [-0.05, 0) is 86.5 Å². The third kappa shape index (κ3) is 24.4. The first-order valence-electron chi connectivity index (χ1n) is 23.0. The predicted molar refractivity (Wildman–Crippen MR) is 265 cm³/mol. The maximum Gasteiger partial charge on any atom is 0.328 e. The Kier molecular flexibility index (Phi) is 30.3. The monoisotopic (exact) mass is 1030 g/mol. The molecule has 0 aliphatic heterocycles. The summed E-state index contributed by atoms with van der Waals surface area (Å²) in [5.74, 6) is -9.27. The van der Waals surface area contributed by atoms with Crippen LogP contribution in [0.4, 0.5) is 0 Å². The number of carboxylic acids is 2. The van der Waals surface area contributed by atoms with Crippen LogP contribution >= 0.6 is 23.5 Å². The average molecular weight is 1030 g/mol. The fraction of sp³-hybridized carbons (Fsp3) is 0.644. The number of carbonyl (C=O) groups is 10. The normalized spacial score (nSPS) is 14.6. The summed E-state index contributed by atoms with van der Waals surface area (Å²) in [5, 5.41) is 48.2. The zero-order valence-electron chi connectivity index (χ0n) is 40.7. The van der Waals surface area contributed by atoms with Gasteiger partial charge in [0, 0.05) is 6.42 Å². The standard InChI is InChI=1S/C45H74N10O13S2/c1-25(2)20-31(41(63)54-34(24-56)45(67)68)49-35(57)23-48-39(61)29(14-10-11-17-46)50-40(62)30(16-19-70-6)51-42(64)32(21-27-12-8-7-9-13-27)53-44(66)37(26(3)4)55-43(65)33(22-36(58)59)52-38(60)28(47)15-18-69-5/h7-9,12-13,25-26,28-34,37,56H,10-11,14-24,46-47H2,1-6H3,(H,48,61)(H,49,57)(H,50,62)(H,51,64)(H,52,60)(H,53,66)(H,54,63)(H,55,65)(H,58,59)(H,67,68)/t28-,29-,30-,31-,32-,33-,34-,37-/m0/s1. The SMILES string of the molecule is CSCC[C@H](NC(=O)[C@H](Cc1ccccc1)NC(=O)[C@@H](NC(=O)[C@H](CC(=O)O)NC(=O)[C@@H](N)CCSC)C(C)C)C(=O)N[C@@H](CCCCN)C(=O)NCC(=O)N[C@@H](CC(C)C)C(=O)N[C@@H](CO)C(=O)O. The van der Waals surface area contributed by atoms with Crippen LogP contribution in [0, 0.1) is 11.8 Å². The molecule has 0 bridgehead atoms. The van der Waals surface area contributed by atoms with Crippen LogP contribution in [0.25, 0.3) is 0 Å². The van der Waals surface area contributed by atoms with Crippen LogP contribution in [0.1, 0.15) is 78.2 Å². The van der Waals surface area contributed by atoms with Crippen LogP contribution in [0.2, 0.25) is 0 Å². The highest BCUT2D eigenvalue weighted by Gasteiger charge is 2.35. The maximum absolute atomic E-state index is 14.3. The van der Waals surface area contributed by atoms with Crippen molar-refractivity contribution in [3.05, 3.63) is 35.9 Å². The maximum atomic E-state index is 14.3. The van der Waals surface area contributed by atoms with Crippen molar-refractivity contribution in [1.29, 1.82) is 0 Å². The fourth-order valence-electron chi connectivity index (χ4n) is 6.66. The molecule has 0 aromatic heterocycles. The van der Waals surface area contributed by atoms with Crippen LogP contribution < -0.4 is 54.0 Å². The minimum atomic E-state index is -1.61. The second kappa shape index (κ2) is 33.9. The van der Waals surface area contributed by atoms with E-state index in [4.69, 9.17) is 11.5 Å². The highest BCUT2D eigenvalue weighted by atomic mass is 32.2. The van der Waals surface area contributed by atoms with Crippen LogP contribution in [-0.4, -0.2) is 167 Å². The molecule has 394 valence electrons. The van der Waals surface area contributed by atoms with Gasteiger partial charge in [-0.15, -0.1) is 0 Å². The summed E-state index contributed by atoms with van der Waals surface area (Å²) >= 11 is 2.82. The van der Waals surface area contributed by atoms with E-state index in [1.165, 1.54) is 23.5 Å². The molecule has 0 aliphatic carbocycles. The highest BCUT2D eigenvalue weighted by molar-refractivity contribution is 7.98. The van der Waals surface area contributed by atoms with Crippen molar-refractivity contribution in [3.8, 4) is 0 Å². The molecule has 8 atom stereocenters. The number of benzene rings is 1. The van der Waals surface area contributed by atoms with E-state index in [2.05, 4.69) is 42.5 Å². The molecule has 0 heterocycles. The van der Waals surface area contributed by atoms with E-state index >= 15 is 0 Å². The highest BCUT2D eigenvalue weighted by Crippen LogP contribution is 2.12. The Morgan fingerprint density at radius 3 is 1.67 bits per heavy atom. The number of nitrogens with two attached hydrogens (primary N) is 2. The van der Waals surface area contributed by atoms with Crippen molar-refractivity contribution in [1.82, 2.24) is 42.5 Å². The molecule has 0 saturated carbocycles. The summed E-state index contributed by atoms with van der Waals surface area (Å²) in [7, 11) is 0. The second-order valence-electron chi connectivity index (χ2n) is 17.3. The lowest BCUT2D eigenvalue weighted by Crippen LogP contribution is -2.61. The van der Waals surface area contributed by atoms with Crippen molar-refractivity contribution in [2.75, 3.05) is 43.7 Å². The van der Waals surface area contributed by atoms with Gasteiger partial charge in [-0.25, -0.2) is 4.79 Å². The number of thioether (sulfide) groups is 2. The van der Waals surface area contributed by atoms with Crippen LogP contribution in [0.15, 0.2) is 30.3 Å². The summed E-state index contributed by atoms with van der Waals surface area (Å²) in [6.07, 6.45) is 4.07. The smallest absolute Gasteiger partial charge is 0.328 e. The fourth-order valence-corrected chi connectivity index (χ4v) is 7.62. The Morgan fingerprint density at radius 2 is 1.13 bits per heavy atom. The number of amides is 8. The lowest BCUT2D eigenvalue weighted by molar-refractivity contribution is -0.143. The molecule has 1 aromatic rings. The van der Waals surface area contributed by atoms with E-state index in [0.717, 1.165) is 0 Å². The molecular weight excluding hydrogens is 953 g/mol. The summed E-state index contributed by atoms with van der Waals surface area (Å²) < 4.78 is 0. The van der Waals surface area contributed by atoms with Crippen LogP contribution in [-0.2, 0) is 54.4 Å². The molecule has 23 nitrogen and oxygen atoms in total. The Labute approximate surface area is 417 Å². The first-order valence-corrected chi connectivity index (χ1v) is 25.8. The lowest BCUT2D eigenvalue weighted by Gasteiger charge is -2.28. The van der Waals surface area contributed by atoms with Gasteiger partial charge in [0.15, 0.2) is 0 Å². The molecule has 70 heavy (non-hydrogen) atoms. The number of nitrogens with one attached hydrogen (secondary N) is 8. The van der Waals surface area contributed by atoms with E-state index < -0.39 is 133 Å². The number of aliphatic hydroxyl groups excluding tert-OH is 1. The zero-order chi connectivity index (χ0) is 52.9. The Bertz CT molecular complexity index is 1880. The first-order chi connectivity index (χ1) is 33.1. The molecular formula is C45H74N10O13S2. The molecule has 1 aromatic carbocycles. The van der Waals surface area contributed by atoms with Gasteiger partial charge in [0.1, 0.15) is 42.3 Å². The second-order valence-corrected chi connectivity index (χ2v) is 19.2. The van der Waals surface area contributed by atoms with Crippen LogP contribution in [0.3, 0.4) is 0 Å². The quantitative estimate of drug-likeness (QED) is 0.0326. The van der Waals surface area contributed by atoms with Gasteiger partial charge in [-0.1, -0.05) is 58.0 Å². The third-order valence-electron chi connectivity index (χ3n) is 10.5. The average Bonchev–Trinajstić information content (AvgIpc) is 3.30. The van der Waals surface area contributed by atoms with Crippen molar-refractivity contribution in [2.45, 2.75) is 127 Å². The number of rotatable bonds is 35. The van der Waals surface area contributed by atoms with E-state index in [-0.39, 0.29) is 44.6 Å². The molecule has 0 radical (unpaired) electrons. The Hall–Kier alpha value is -5.50.